The van der Waals surface area contributed by atoms with Gasteiger partial charge in [0.05, 0.1) is 16.2 Å². The van der Waals surface area contributed by atoms with Crippen LogP contribution >= 0.6 is 27.5 Å². The number of nitrogen functional groups attached to an aromatic ring is 1. The molecule has 0 bridgehead atoms. The van der Waals surface area contributed by atoms with E-state index in [0.717, 1.165) is 21.1 Å². The van der Waals surface area contributed by atoms with E-state index in [2.05, 4.69) is 25.9 Å². The average Bonchev–Trinajstić information content (AvgIpc) is 2.78. The molecule has 0 saturated carbocycles. The van der Waals surface area contributed by atoms with Crippen molar-refractivity contribution in [3.63, 3.8) is 0 Å². The molecule has 0 amide bonds. The molecule has 3 aromatic rings. The van der Waals surface area contributed by atoms with Crippen molar-refractivity contribution in [2.75, 3.05) is 5.73 Å². The first kappa shape index (κ1) is 11.6. The molecule has 5 heteroatoms. The van der Waals surface area contributed by atoms with Gasteiger partial charge in [0, 0.05) is 10.0 Å². The molecule has 2 aromatic carbocycles. The molecule has 0 aliphatic carbocycles. The van der Waals surface area contributed by atoms with Crippen molar-refractivity contribution in [3.8, 4) is 11.4 Å². The van der Waals surface area contributed by atoms with Crippen LogP contribution in [0.3, 0.4) is 0 Å². The molecule has 3 nitrogen and oxygen atoms in total. The molecule has 1 aromatic heterocycles. The zero-order chi connectivity index (χ0) is 12.7. The van der Waals surface area contributed by atoms with Crippen LogP contribution in [0.15, 0.2) is 40.9 Å². The zero-order valence-corrected chi connectivity index (χ0v) is 11.6. The van der Waals surface area contributed by atoms with Gasteiger partial charge in [-0.05, 0) is 40.2 Å². The summed E-state index contributed by atoms with van der Waals surface area (Å²) in [6.45, 7) is 0. The van der Waals surface area contributed by atoms with Gasteiger partial charge in [0.25, 0.3) is 0 Å². The van der Waals surface area contributed by atoms with Gasteiger partial charge in [-0.1, -0.05) is 23.7 Å². The maximum absolute atomic E-state index is 6.26. The fraction of sp³-hybridized carbons (Fsp3) is 0. The molecule has 18 heavy (non-hydrogen) atoms. The summed E-state index contributed by atoms with van der Waals surface area (Å²) in [4.78, 5) is 7.72. The van der Waals surface area contributed by atoms with Gasteiger partial charge in [-0.2, -0.15) is 0 Å². The molecular weight excluding hydrogens is 314 g/mol. The Hall–Kier alpha value is -1.52. The summed E-state index contributed by atoms with van der Waals surface area (Å²) >= 11 is 9.66. The van der Waals surface area contributed by atoms with Crippen molar-refractivity contribution in [2.45, 2.75) is 0 Å². The largest absolute Gasteiger partial charge is 0.397 e. The third kappa shape index (κ3) is 1.78. The first-order chi connectivity index (χ1) is 8.66. The van der Waals surface area contributed by atoms with Gasteiger partial charge in [0.1, 0.15) is 11.3 Å². The molecule has 0 spiro atoms. The van der Waals surface area contributed by atoms with Gasteiger partial charge in [-0.25, -0.2) is 4.98 Å². The number of hydrogen-bond donors (Lipinski definition) is 2. The number of halogens is 2. The zero-order valence-electron chi connectivity index (χ0n) is 9.24. The molecule has 0 radical (unpaired) electrons. The Morgan fingerprint density at radius 1 is 1.17 bits per heavy atom. The highest BCUT2D eigenvalue weighted by Crippen LogP contribution is 2.33. The van der Waals surface area contributed by atoms with Crippen LogP contribution in [0, 0.1) is 0 Å². The number of fused-ring (bicyclic) bond motifs is 1. The molecule has 1 heterocycles. The number of benzene rings is 2. The van der Waals surface area contributed by atoms with E-state index in [4.69, 9.17) is 17.3 Å². The Kier molecular flexibility index (Phi) is 2.76. The predicted molar refractivity (Wildman–Crippen MR) is 78.7 cm³/mol. The third-order valence-corrected chi connectivity index (χ3v) is 4.05. The van der Waals surface area contributed by atoms with Crippen molar-refractivity contribution in [2.24, 2.45) is 0 Å². The first-order valence-corrected chi connectivity index (χ1v) is 6.52. The van der Waals surface area contributed by atoms with Crippen molar-refractivity contribution in [1.82, 2.24) is 9.97 Å². The van der Waals surface area contributed by atoms with E-state index in [1.54, 1.807) is 0 Å². The second-order valence-corrected chi connectivity index (χ2v) is 5.16. The summed E-state index contributed by atoms with van der Waals surface area (Å²) in [6.07, 6.45) is 0. The van der Waals surface area contributed by atoms with Crippen LogP contribution in [0.2, 0.25) is 5.02 Å². The number of anilines is 1. The lowest BCUT2D eigenvalue weighted by Crippen LogP contribution is -1.85. The lowest BCUT2D eigenvalue weighted by molar-refractivity contribution is 1.33. The van der Waals surface area contributed by atoms with Crippen LogP contribution in [0.4, 0.5) is 5.69 Å². The Labute approximate surface area is 117 Å². The van der Waals surface area contributed by atoms with Crippen molar-refractivity contribution < 1.29 is 0 Å². The lowest BCUT2D eigenvalue weighted by atomic mass is 10.2. The SMILES string of the molecule is Nc1cccc2[nH]c(-c3cccc(Br)c3Cl)nc12. The summed E-state index contributed by atoms with van der Waals surface area (Å²) in [5.41, 5.74) is 9.06. The molecule has 90 valence electrons. The Morgan fingerprint density at radius 2 is 1.94 bits per heavy atom. The van der Waals surface area contributed by atoms with E-state index < -0.39 is 0 Å². The van der Waals surface area contributed by atoms with Crippen LogP contribution in [0.1, 0.15) is 0 Å². The average molecular weight is 323 g/mol. The summed E-state index contributed by atoms with van der Waals surface area (Å²) in [6, 6.07) is 11.4. The van der Waals surface area contributed by atoms with Crippen molar-refractivity contribution in [1.29, 1.82) is 0 Å². The van der Waals surface area contributed by atoms with Crippen LogP contribution in [0.25, 0.3) is 22.4 Å². The van der Waals surface area contributed by atoms with Gasteiger partial charge in [0.15, 0.2) is 0 Å². The maximum atomic E-state index is 6.26. The minimum Gasteiger partial charge on any atom is -0.397 e. The molecule has 0 aliphatic heterocycles. The monoisotopic (exact) mass is 321 g/mol. The van der Waals surface area contributed by atoms with E-state index in [1.165, 1.54) is 0 Å². The van der Waals surface area contributed by atoms with Crippen LogP contribution in [-0.4, -0.2) is 9.97 Å². The third-order valence-electron chi connectivity index (χ3n) is 2.75. The van der Waals surface area contributed by atoms with E-state index >= 15 is 0 Å². The second-order valence-electron chi connectivity index (χ2n) is 3.93. The highest BCUT2D eigenvalue weighted by molar-refractivity contribution is 9.10. The first-order valence-electron chi connectivity index (χ1n) is 5.35. The van der Waals surface area contributed by atoms with E-state index in [1.807, 2.05) is 36.4 Å². The maximum Gasteiger partial charge on any atom is 0.140 e. The smallest absolute Gasteiger partial charge is 0.140 e. The van der Waals surface area contributed by atoms with E-state index in [-0.39, 0.29) is 0 Å². The standard InChI is InChI=1S/C13H9BrClN3/c14-8-4-1-3-7(11(8)15)13-17-10-6-2-5-9(16)12(10)18-13/h1-6H,16H2,(H,17,18). The highest BCUT2D eigenvalue weighted by atomic mass is 79.9. The number of nitrogens with zero attached hydrogens (tertiary/aromatic N) is 1. The lowest BCUT2D eigenvalue weighted by Gasteiger charge is -2.01. The molecular formula is C13H9BrClN3. The van der Waals surface area contributed by atoms with E-state index in [0.29, 0.717) is 16.5 Å². The number of hydrogen-bond acceptors (Lipinski definition) is 2. The highest BCUT2D eigenvalue weighted by Gasteiger charge is 2.11. The number of rotatable bonds is 1. The molecule has 3 N–H and O–H groups in total. The van der Waals surface area contributed by atoms with Gasteiger partial charge in [0.2, 0.25) is 0 Å². The summed E-state index contributed by atoms with van der Waals surface area (Å²) in [7, 11) is 0. The van der Waals surface area contributed by atoms with Crippen molar-refractivity contribution in [3.05, 3.63) is 45.9 Å². The van der Waals surface area contributed by atoms with Crippen molar-refractivity contribution >= 4 is 44.3 Å². The molecule has 0 aliphatic rings. The fourth-order valence-corrected chi connectivity index (χ4v) is 2.45. The molecule has 0 atom stereocenters. The fourth-order valence-electron chi connectivity index (χ4n) is 1.87. The van der Waals surface area contributed by atoms with Crippen LogP contribution in [0.5, 0.6) is 0 Å². The van der Waals surface area contributed by atoms with Crippen LogP contribution < -0.4 is 5.73 Å². The second kappa shape index (κ2) is 4.30. The minimum atomic E-state index is 0.634. The number of nitrogens with two attached hydrogens (primary N) is 1. The number of aromatic amines is 1. The van der Waals surface area contributed by atoms with E-state index in [9.17, 15) is 0 Å². The van der Waals surface area contributed by atoms with Crippen LogP contribution in [-0.2, 0) is 0 Å². The Bertz CT molecular complexity index is 736. The normalized spacial score (nSPS) is 11.0. The summed E-state index contributed by atoms with van der Waals surface area (Å²) < 4.78 is 0.843. The molecule has 0 fully saturated rings. The van der Waals surface area contributed by atoms with Gasteiger partial charge in [-0.3, -0.25) is 0 Å². The summed E-state index contributed by atoms with van der Waals surface area (Å²) in [5, 5.41) is 0.634. The number of imidazole rings is 1. The Morgan fingerprint density at radius 3 is 2.72 bits per heavy atom. The quantitative estimate of drug-likeness (QED) is 0.659. The molecule has 0 saturated heterocycles. The number of nitrogens with one attached hydrogen (secondary N) is 1. The molecule has 0 unspecified atom stereocenters. The Balaban J connectivity index is 2.26. The predicted octanol–water partition coefficient (Wildman–Crippen LogP) is 4.23. The minimum absolute atomic E-state index is 0.634. The summed E-state index contributed by atoms with van der Waals surface area (Å²) in [5.74, 6) is 0.717. The van der Waals surface area contributed by atoms with Gasteiger partial charge >= 0.3 is 0 Å². The number of H-pyrrole nitrogens is 1. The number of aromatic nitrogens is 2. The number of para-hydroxylation sites is 1. The van der Waals surface area contributed by atoms with Gasteiger partial charge < -0.3 is 10.7 Å². The topological polar surface area (TPSA) is 54.7 Å². The van der Waals surface area contributed by atoms with Gasteiger partial charge in [-0.15, -0.1) is 0 Å². The molecule has 3 rings (SSSR count).